The van der Waals surface area contributed by atoms with Gasteiger partial charge in [-0.15, -0.1) is 0 Å². The number of aryl methyl sites for hydroxylation is 2. The zero-order valence-corrected chi connectivity index (χ0v) is 21.9. The smallest absolute Gasteiger partial charge is 0.748 e. The van der Waals surface area contributed by atoms with Gasteiger partial charge in [-0.25, -0.2) is 8.42 Å². The first-order chi connectivity index (χ1) is 13.4. The number of hydrogen-bond donors (Lipinski definition) is 0. The van der Waals surface area contributed by atoms with Gasteiger partial charge < -0.3 is 9.29 Å². The summed E-state index contributed by atoms with van der Waals surface area (Å²) < 4.78 is 39.1. The van der Waals surface area contributed by atoms with E-state index < -0.39 is 22.0 Å². The van der Waals surface area contributed by atoms with Crippen LogP contribution in [0.25, 0.3) is 0 Å². The monoisotopic (exact) mass is 434 g/mol. The zero-order valence-electron chi connectivity index (χ0n) is 19.0. The number of ether oxygens (including phenoxy) is 1. The molecule has 0 saturated heterocycles. The molecule has 0 bridgehead atoms. The van der Waals surface area contributed by atoms with Crippen LogP contribution in [-0.4, -0.2) is 24.8 Å². The molecule has 0 aliphatic carbocycles. The van der Waals surface area contributed by atoms with E-state index in [-0.39, 0.29) is 29.6 Å². The first kappa shape index (κ1) is 28.9. The number of rotatable bonds is 16. The van der Waals surface area contributed by atoms with Gasteiger partial charge >= 0.3 is 29.6 Å². The summed E-state index contributed by atoms with van der Waals surface area (Å²) in [5.74, 6) is 0.252. The Bertz CT molecular complexity index is 646. The second-order valence-electron chi connectivity index (χ2n) is 7.92. The molecule has 0 fully saturated rings. The molecule has 162 valence electrons. The van der Waals surface area contributed by atoms with Crippen molar-refractivity contribution < 1.29 is 47.3 Å². The first-order valence-corrected chi connectivity index (χ1v) is 12.7. The first-order valence-electron chi connectivity index (χ1n) is 11.1. The zero-order chi connectivity index (χ0) is 20.8. The summed E-state index contributed by atoms with van der Waals surface area (Å²) in [6, 6.07) is 6.34. The van der Waals surface area contributed by atoms with E-state index in [0.29, 0.717) is 0 Å². The van der Waals surface area contributed by atoms with Gasteiger partial charge in [0.25, 0.3) is 0 Å². The molecule has 0 aliphatic rings. The maximum atomic E-state index is 11.0. The number of unbranched alkanes of at least 4 members (excludes halogenated alkanes) is 8. The summed E-state index contributed by atoms with van der Waals surface area (Å²) in [5.41, 5.74) is 2.33. The molecule has 0 radical (unpaired) electrons. The van der Waals surface area contributed by atoms with Crippen LogP contribution in [0.5, 0.6) is 5.75 Å². The van der Waals surface area contributed by atoms with E-state index in [4.69, 9.17) is 4.74 Å². The molecule has 6 heteroatoms. The molecule has 1 atom stereocenters. The van der Waals surface area contributed by atoms with E-state index in [1.807, 2.05) is 0 Å². The van der Waals surface area contributed by atoms with Gasteiger partial charge in [0.15, 0.2) is 0 Å². The largest absolute Gasteiger partial charge is 1.00 e. The van der Waals surface area contributed by atoms with Crippen LogP contribution < -0.4 is 34.3 Å². The standard InChI is InChI=1S/C23H40O4S.Na/c1-4-6-8-10-12-14-21-16-17-22(15-13-11-9-7-5-2)23(18-21)27-20(3)19-28(24,25)26;/h16-18,20H,4-15,19H2,1-3H3,(H,24,25,26);/q;+1/p-1. The third-order valence-electron chi connectivity index (χ3n) is 5.02. The summed E-state index contributed by atoms with van der Waals surface area (Å²) in [4.78, 5) is 0. The molecule has 1 aromatic carbocycles. The minimum Gasteiger partial charge on any atom is -0.748 e. The normalized spacial score (nSPS) is 12.4. The molecular formula is C23H39NaO4S. The molecule has 29 heavy (non-hydrogen) atoms. The third kappa shape index (κ3) is 14.5. The summed E-state index contributed by atoms with van der Waals surface area (Å²) in [6.45, 7) is 6.07. The molecular weight excluding hydrogens is 395 g/mol. The van der Waals surface area contributed by atoms with E-state index in [0.717, 1.165) is 37.0 Å². The quantitative estimate of drug-likeness (QED) is 0.228. The van der Waals surface area contributed by atoms with E-state index >= 15 is 0 Å². The van der Waals surface area contributed by atoms with Gasteiger partial charge in [0.05, 0.1) is 15.9 Å². The van der Waals surface area contributed by atoms with Gasteiger partial charge in [0.1, 0.15) is 11.9 Å². The molecule has 1 aromatic rings. The Labute approximate surface area is 201 Å². The molecule has 0 N–H and O–H groups in total. The summed E-state index contributed by atoms with van der Waals surface area (Å²) in [6.07, 6.45) is 13.5. The van der Waals surface area contributed by atoms with Crippen LogP contribution in [0.4, 0.5) is 0 Å². The van der Waals surface area contributed by atoms with Crippen LogP contribution in [0.1, 0.15) is 96.1 Å². The van der Waals surface area contributed by atoms with Gasteiger partial charge in [-0.3, -0.25) is 0 Å². The van der Waals surface area contributed by atoms with Crippen molar-refractivity contribution in [1.82, 2.24) is 0 Å². The Morgan fingerprint density at radius 1 is 0.897 bits per heavy atom. The second-order valence-corrected chi connectivity index (χ2v) is 9.37. The molecule has 0 aromatic heterocycles. The molecule has 0 saturated carbocycles. The van der Waals surface area contributed by atoms with Crippen molar-refractivity contribution in [2.75, 3.05) is 5.75 Å². The Morgan fingerprint density at radius 3 is 2.00 bits per heavy atom. The summed E-state index contributed by atoms with van der Waals surface area (Å²) in [5, 5.41) is 0. The molecule has 0 heterocycles. The van der Waals surface area contributed by atoms with Crippen LogP contribution in [0.3, 0.4) is 0 Å². The average Bonchev–Trinajstić information content (AvgIpc) is 2.61. The van der Waals surface area contributed by atoms with Crippen molar-refractivity contribution >= 4 is 10.1 Å². The van der Waals surface area contributed by atoms with Gasteiger partial charge in [0, 0.05) is 0 Å². The van der Waals surface area contributed by atoms with Gasteiger partial charge in [-0.1, -0.05) is 77.3 Å². The van der Waals surface area contributed by atoms with Crippen molar-refractivity contribution in [3.8, 4) is 5.75 Å². The van der Waals surface area contributed by atoms with E-state index in [9.17, 15) is 13.0 Å². The predicted molar refractivity (Wildman–Crippen MR) is 116 cm³/mol. The predicted octanol–water partition coefficient (Wildman–Crippen LogP) is 3.03. The Hall–Kier alpha value is -0.0700. The second kappa shape index (κ2) is 16.6. The van der Waals surface area contributed by atoms with Crippen molar-refractivity contribution in [2.45, 2.75) is 104 Å². The fraction of sp³-hybridized carbons (Fsp3) is 0.739. The molecule has 1 unspecified atom stereocenters. The minimum atomic E-state index is -4.29. The molecule has 4 nitrogen and oxygen atoms in total. The number of hydrogen-bond acceptors (Lipinski definition) is 4. The topological polar surface area (TPSA) is 66.4 Å². The maximum Gasteiger partial charge on any atom is 1.00 e. The van der Waals surface area contributed by atoms with E-state index in [2.05, 4.69) is 32.0 Å². The van der Waals surface area contributed by atoms with Crippen molar-refractivity contribution in [1.29, 1.82) is 0 Å². The van der Waals surface area contributed by atoms with E-state index in [1.54, 1.807) is 6.92 Å². The molecule has 0 amide bonds. The Morgan fingerprint density at radius 2 is 1.45 bits per heavy atom. The fourth-order valence-corrected chi connectivity index (χ4v) is 4.10. The van der Waals surface area contributed by atoms with E-state index in [1.165, 1.54) is 56.9 Å². The summed E-state index contributed by atoms with van der Waals surface area (Å²) in [7, 11) is -4.29. The van der Waals surface area contributed by atoms with Crippen LogP contribution in [0, 0.1) is 0 Å². The maximum absolute atomic E-state index is 11.0. The average molecular weight is 435 g/mol. The Balaban J connectivity index is 0.00000784. The minimum absolute atomic E-state index is 0. The Kier molecular flexibility index (Phi) is 16.6. The van der Waals surface area contributed by atoms with Crippen LogP contribution in [0.2, 0.25) is 0 Å². The van der Waals surface area contributed by atoms with Gasteiger partial charge in [0.2, 0.25) is 0 Å². The van der Waals surface area contributed by atoms with Crippen LogP contribution in [0.15, 0.2) is 18.2 Å². The van der Waals surface area contributed by atoms with Crippen molar-refractivity contribution in [3.63, 3.8) is 0 Å². The SMILES string of the molecule is CCCCCCCc1ccc(CCCCCCC)c(OC(C)CS(=O)(=O)[O-])c1.[Na+]. The summed E-state index contributed by atoms with van der Waals surface area (Å²) >= 11 is 0. The van der Waals surface area contributed by atoms with Crippen LogP contribution in [-0.2, 0) is 23.0 Å². The van der Waals surface area contributed by atoms with Crippen molar-refractivity contribution in [2.24, 2.45) is 0 Å². The van der Waals surface area contributed by atoms with Crippen molar-refractivity contribution in [3.05, 3.63) is 29.3 Å². The molecule has 0 spiro atoms. The van der Waals surface area contributed by atoms with Crippen LogP contribution >= 0.6 is 0 Å². The molecule has 0 aliphatic heterocycles. The molecule has 1 rings (SSSR count). The van der Waals surface area contributed by atoms with Gasteiger partial charge in [-0.05, 0) is 49.8 Å². The van der Waals surface area contributed by atoms with Gasteiger partial charge in [-0.2, -0.15) is 0 Å². The number of benzene rings is 1. The fourth-order valence-electron chi connectivity index (χ4n) is 3.46. The third-order valence-corrected chi connectivity index (χ3v) is 5.89.